The number of halogens is 1. The second kappa shape index (κ2) is 7.85. The number of hydrogen-bond donors (Lipinski definition) is 3. The zero-order valence-corrected chi connectivity index (χ0v) is 14.9. The van der Waals surface area contributed by atoms with Crippen LogP contribution in [0.4, 0.5) is 10.5 Å². The van der Waals surface area contributed by atoms with E-state index >= 15 is 0 Å². The number of ether oxygens (including phenoxy) is 1. The van der Waals surface area contributed by atoms with Crippen LogP contribution in [0.3, 0.4) is 0 Å². The van der Waals surface area contributed by atoms with E-state index in [2.05, 4.69) is 10.0 Å². The van der Waals surface area contributed by atoms with Crippen molar-refractivity contribution in [1.29, 1.82) is 0 Å². The lowest BCUT2D eigenvalue weighted by molar-refractivity contribution is 0.0527. The monoisotopic (exact) mass is 363 g/mol. The van der Waals surface area contributed by atoms with Crippen molar-refractivity contribution in [3.8, 4) is 0 Å². The van der Waals surface area contributed by atoms with Crippen LogP contribution in [0.5, 0.6) is 0 Å². The Morgan fingerprint density at radius 2 is 1.96 bits per heavy atom. The molecule has 1 rings (SSSR count). The number of benzene rings is 1. The van der Waals surface area contributed by atoms with Crippen molar-refractivity contribution in [2.75, 3.05) is 18.8 Å². The van der Waals surface area contributed by atoms with E-state index in [-0.39, 0.29) is 28.7 Å². The van der Waals surface area contributed by atoms with E-state index in [1.54, 1.807) is 26.8 Å². The Morgan fingerprint density at radius 1 is 1.30 bits per heavy atom. The number of alkyl carbamates (subject to hydrolysis) is 1. The largest absolute Gasteiger partial charge is 0.444 e. The Hall–Kier alpha value is -1.51. The van der Waals surface area contributed by atoms with Gasteiger partial charge < -0.3 is 15.8 Å². The maximum absolute atomic E-state index is 12.2. The van der Waals surface area contributed by atoms with Crippen molar-refractivity contribution >= 4 is 33.4 Å². The Morgan fingerprint density at radius 3 is 2.52 bits per heavy atom. The van der Waals surface area contributed by atoms with Gasteiger partial charge in [0.2, 0.25) is 10.0 Å². The average molecular weight is 364 g/mol. The number of hydrogen-bond acceptors (Lipinski definition) is 5. The number of nitrogens with two attached hydrogens (primary N) is 1. The molecule has 0 heterocycles. The van der Waals surface area contributed by atoms with Crippen molar-refractivity contribution < 1.29 is 17.9 Å². The molecule has 0 fully saturated rings. The summed E-state index contributed by atoms with van der Waals surface area (Å²) < 4.78 is 31.8. The third-order valence-electron chi connectivity index (χ3n) is 2.58. The molecule has 1 amide bonds. The van der Waals surface area contributed by atoms with E-state index in [1.165, 1.54) is 12.1 Å². The van der Waals surface area contributed by atoms with Crippen LogP contribution >= 0.6 is 11.6 Å². The number of amides is 1. The normalized spacial score (nSPS) is 12.0. The molecule has 1 aromatic rings. The van der Waals surface area contributed by atoms with Crippen LogP contribution in [0.1, 0.15) is 27.2 Å². The van der Waals surface area contributed by atoms with E-state index in [0.717, 1.165) is 0 Å². The minimum Gasteiger partial charge on any atom is -0.444 e. The highest BCUT2D eigenvalue weighted by atomic mass is 35.5. The van der Waals surface area contributed by atoms with Gasteiger partial charge in [-0.3, -0.25) is 0 Å². The van der Waals surface area contributed by atoms with Gasteiger partial charge in [-0.15, -0.1) is 0 Å². The van der Waals surface area contributed by atoms with E-state index in [1.807, 2.05) is 0 Å². The molecule has 0 saturated carbocycles. The topological polar surface area (TPSA) is 111 Å². The highest BCUT2D eigenvalue weighted by Crippen LogP contribution is 2.26. The molecular formula is C14H22ClN3O4S. The van der Waals surface area contributed by atoms with Crippen molar-refractivity contribution in [1.82, 2.24) is 10.0 Å². The number of carbonyl (C=O) groups excluding carboxylic acids is 1. The van der Waals surface area contributed by atoms with Gasteiger partial charge in [0.15, 0.2) is 0 Å². The summed E-state index contributed by atoms with van der Waals surface area (Å²) in [4.78, 5) is 11.3. The fourth-order valence-electron chi connectivity index (χ4n) is 1.68. The maximum atomic E-state index is 12.2. The lowest BCUT2D eigenvalue weighted by Gasteiger charge is -2.19. The number of nitrogens with one attached hydrogen (secondary N) is 2. The van der Waals surface area contributed by atoms with E-state index in [9.17, 15) is 13.2 Å². The standard InChI is InChI=1S/C14H22ClN3O4S/c1-14(2,3)22-13(19)17-8-5-9-18-23(20,21)12-10(15)6-4-7-11(12)16/h4,6-7,18H,5,8-9,16H2,1-3H3,(H,17,19). The molecule has 7 nitrogen and oxygen atoms in total. The first kappa shape index (κ1) is 19.5. The maximum Gasteiger partial charge on any atom is 0.407 e. The number of sulfonamides is 1. The fourth-order valence-corrected chi connectivity index (χ4v) is 3.43. The van der Waals surface area contributed by atoms with E-state index in [4.69, 9.17) is 22.1 Å². The number of carbonyl (C=O) groups is 1. The Labute approximate surface area is 141 Å². The summed E-state index contributed by atoms with van der Waals surface area (Å²) in [5.41, 5.74) is 5.16. The zero-order chi connectivity index (χ0) is 17.7. The van der Waals surface area contributed by atoms with Crippen molar-refractivity contribution in [3.05, 3.63) is 23.2 Å². The lowest BCUT2D eigenvalue weighted by Crippen LogP contribution is -2.34. The number of rotatable bonds is 6. The second-order valence-electron chi connectivity index (χ2n) is 5.84. The molecule has 0 unspecified atom stereocenters. The van der Waals surface area contributed by atoms with Crippen LogP contribution in [0.2, 0.25) is 5.02 Å². The molecule has 0 bridgehead atoms. The molecule has 23 heavy (non-hydrogen) atoms. The van der Waals surface area contributed by atoms with Crippen molar-refractivity contribution in [3.63, 3.8) is 0 Å². The molecule has 1 aromatic carbocycles. The lowest BCUT2D eigenvalue weighted by atomic mass is 10.2. The van der Waals surface area contributed by atoms with Gasteiger partial charge in [-0.05, 0) is 39.3 Å². The zero-order valence-electron chi connectivity index (χ0n) is 13.3. The van der Waals surface area contributed by atoms with Crippen LogP contribution in [0.15, 0.2) is 23.1 Å². The molecule has 0 aliphatic rings. The summed E-state index contributed by atoms with van der Waals surface area (Å²) in [5.74, 6) is 0. The molecule has 0 aromatic heterocycles. The molecule has 0 aliphatic carbocycles. The van der Waals surface area contributed by atoms with Gasteiger partial charge in [0.05, 0.1) is 10.7 Å². The van der Waals surface area contributed by atoms with Gasteiger partial charge in [0.25, 0.3) is 0 Å². The summed E-state index contributed by atoms with van der Waals surface area (Å²) >= 11 is 5.88. The SMILES string of the molecule is CC(C)(C)OC(=O)NCCCNS(=O)(=O)c1c(N)cccc1Cl. The first-order valence-corrected chi connectivity index (χ1v) is 8.89. The first-order chi connectivity index (χ1) is 10.5. The van der Waals surface area contributed by atoms with Crippen LogP contribution < -0.4 is 15.8 Å². The van der Waals surface area contributed by atoms with E-state index < -0.39 is 21.7 Å². The van der Waals surface area contributed by atoms with Gasteiger partial charge in [0, 0.05) is 13.1 Å². The number of anilines is 1. The quantitative estimate of drug-likeness (QED) is 0.529. The molecular weight excluding hydrogens is 342 g/mol. The van der Waals surface area contributed by atoms with E-state index in [0.29, 0.717) is 6.42 Å². The van der Waals surface area contributed by atoms with Crippen LogP contribution in [-0.4, -0.2) is 33.2 Å². The molecule has 130 valence electrons. The highest BCUT2D eigenvalue weighted by Gasteiger charge is 2.20. The first-order valence-electron chi connectivity index (χ1n) is 7.03. The van der Waals surface area contributed by atoms with Crippen molar-refractivity contribution in [2.45, 2.75) is 37.7 Å². The van der Waals surface area contributed by atoms with Crippen LogP contribution in [-0.2, 0) is 14.8 Å². The van der Waals surface area contributed by atoms with Gasteiger partial charge in [-0.1, -0.05) is 17.7 Å². The predicted molar refractivity (Wildman–Crippen MR) is 89.9 cm³/mol. The van der Waals surface area contributed by atoms with Gasteiger partial charge in [-0.2, -0.15) is 0 Å². The average Bonchev–Trinajstić information content (AvgIpc) is 2.35. The summed E-state index contributed by atoms with van der Waals surface area (Å²) in [5, 5.41) is 2.60. The summed E-state index contributed by atoms with van der Waals surface area (Å²) in [6, 6.07) is 4.49. The summed E-state index contributed by atoms with van der Waals surface area (Å²) in [6.45, 7) is 5.68. The Balaban J connectivity index is 2.45. The third kappa shape index (κ3) is 6.64. The molecule has 0 aliphatic heterocycles. The molecule has 0 radical (unpaired) electrons. The highest BCUT2D eigenvalue weighted by molar-refractivity contribution is 7.89. The molecule has 9 heteroatoms. The molecule has 0 saturated heterocycles. The predicted octanol–water partition coefficient (Wildman–Crippen LogP) is 2.12. The minimum atomic E-state index is -3.80. The number of nitrogen functional groups attached to an aromatic ring is 1. The smallest absolute Gasteiger partial charge is 0.407 e. The van der Waals surface area contributed by atoms with Crippen LogP contribution in [0.25, 0.3) is 0 Å². The van der Waals surface area contributed by atoms with Crippen molar-refractivity contribution in [2.24, 2.45) is 0 Å². The van der Waals surface area contributed by atoms with Gasteiger partial charge in [0.1, 0.15) is 10.5 Å². The third-order valence-corrected chi connectivity index (χ3v) is 4.58. The summed E-state index contributed by atoms with van der Waals surface area (Å²) in [6.07, 6.45) is -0.154. The molecule has 0 atom stereocenters. The van der Waals surface area contributed by atoms with Crippen LogP contribution in [0, 0.1) is 0 Å². The molecule has 4 N–H and O–H groups in total. The Bertz CT molecular complexity index is 636. The minimum absolute atomic E-state index is 0.0596. The Kier molecular flexibility index (Phi) is 6.67. The summed E-state index contributed by atoms with van der Waals surface area (Å²) in [7, 11) is -3.80. The van der Waals surface area contributed by atoms with Gasteiger partial charge >= 0.3 is 6.09 Å². The second-order valence-corrected chi connectivity index (χ2v) is 7.95. The molecule has 0 spiro atoms. The fraction of sp³-hybridized carbons (Fsp3) is 0.500. The van der Waals surface area contributed by atoms with Gasteiger partial charge in [-0.25, -0.2) is 17.9 Å².